The number of imidazole rings is 2. The van der Waals surface area contributed by atoms with E-state index in [0.717, 1.165) is 104 Å². The highest BCUT2D eigenvalue weighted by molar-refractivity contribution is 6.36. The number of carboxylic acid groups (broad SMARTS) is 1. The van der Waals surface area contributed by atoms with Crippen LogP contribution in [0.4, 0.5) is 11.4 Å². The van der Waals surface area contributed by atoms with Crippen molar-refractivity contribution in [1.82, 2.24) is 24.0 Å². The van der Waals surface area contributed by atoms with Crippen LogP contribution < -0.4 is 16.4 Å². The van der Waals surface area contributed by atoms with E-state index in [1.54, 1.807) is 0 Å². The van der Waals surface area contributed by atoms with Gasteiger partial charge in [0.1, 0.15) is 6.29 Å². The number of carbonyl (C=O) groups excluding carboxylic acids is 3. The molecule has 14 heteroatoms. The molecule has 5 N–H and O–H groups in total. The highest BCUT2D eigenvalue weighted by Gasteiger charge is 2.51. The molecule has 0 radical (unpaired) electrons. The van der Waals surface area contributed by atoms with Gasteiger partial charge in [-0.05, 0) is 125 Å². The monoisotopic (exact) mass is 931 g/mol. The van der Waals surface area contributed by atoms with Crippen LogP contribution in [-0.2, 0) is 49.5 Å². The van der Waals surface area contributed by atoms with Gasteiger partial charge in [-0.1, -0.05) is 89.7 Å². The predicted octanol–water partition coefficient (Wildman–Crippen LogP) is 10.5. The van der Waals surface area contributed by atoms with E-state index in [-0.39, 0.29) is 12.4 Å². The van der Waals surface area contributed by atoms with E-state index in [1.165, 1.54) is 76.1 Å². The molecule has 2 aliphatic carbocycles. The largest absolute Gasteiger partial charge is 0.483 e. The van der Waals surface area contributed by atoms with Gasteiger partial charge in [0, 0.05) is 63.3 Å². The molecule has 3 aliphatic rings. The standard InChI is InChI=1S/C32H40ClN5O.C10H16N2O.C7H17N.C2H4O.CH2O2/c1-21-22(7-5-9-24(21)34-3)23-8-6-10-25(28(23)33)36-30(39)29-35-26-19-38(17-11-27(26)37(29)4)18-16-32-14-12-31(2,20-32)13-15-32;1-4-6-9-8(5-2)11-10(7-13)12(9)3;1-3-4-7(2)5-6-8;1-2-3;2-1-3/h5-10,34H,11-20H2,1-4H3,(H,36,39);7H,4-6H2,1-3H3;7H,3-6,8H2,1-2H3;2H,1H3;1H,(H,2,3). The second-order valence-electron chi connectivity index (χ2n) is 18.5. The number of aryl methyl sites for hydroxylation is 1. The smallest absolute Gasteiger partial charge is 0.291 e. The molecular weight excluding hydrogens is 852 g/mol. The minimum atomic E-state index is -0.250. The fourth-order valence-corrected chi connectivity index (χ4v) is 10.3. The molecule has 4 aromatic rings. The summed E-state index contributed by atoms with van der Waals surface area (Å²) in [7, 11) is 5.77. The number of nitrogens with one attached hydrogen (secondary N) is 2. The summed E-state index contributed by atoms with van der Waals surface area (Å²) in [4.78, 5) is 52.9. The van der Waals surface area contributed by atoms with Crippen molar-refractivity contribution in [2.75, 3.05) is 37.3 Å². The number of rotatable bonds is 15. The number of anilines is 2. The minimum Gasteiger partial charge on any atom is -0.483 e. The van der Waals surface area contributed by atoms with Gasteiger partial charge in [0.2, 0.25) is 0 Å². The van der Waals surface area contributed by atoms with Crippen LogP contribution in [-0.4, -0.2) is 80.7 Å². The molecule has 7 rings (SSSR count). The van der Waals surface area contributed by atoms with Crippen LogP contribution in [0.25, 0.3) is 11.1 Å². The maximum Gasteiger partial charge on any atom is 0.291 e. The maximum absolute atomic E-state index is 13.4. The average molecular weight is 932 g/mol. The zero-order valence-corrected chi connectivity index (χ0v) is 42.3. The molecule has 66 heavy (non-hydrogen) atoms. The number of amides is 1. The van der Waals surface area contributed by atoms with Crippen LogP contribution in [0.3, 0.4) is 0 Å². The fourth-order valence-electron chi connectivity index (χ4n) is 10.0. The van der Waals surface area contributed by atoms with E-state index in [2.05, 4.69) is 68.1 Å². The second-order valence-corrected chi connectivity index (χ2v) is 18.8. The molecule has 2 bridgehead atoms. The van der Waals surface area contributed by atoms with Crippen LogP contribution in [0, 0.1) is 23.7 Å². The Morgan fingerprint density at radius 3 is 2.15 bits per heavy atom. The lowest BCUT2D eigenvalue weighted by atomic mass is 9.80. The minimum absolute atomic E-state index is 0.228. The van der Waals surface area contributed by atoms with E-state index < -0.39 is 0 Å². The third kappa shape index (κ3) is 14.6. The van der Waals surface area contributed by atoms with Crippen molar-refractivity contribution in [2.45, 2.75) is 138 Å². The summed E-state index contributed by atoms with van der Waals surface area (Å²) in [6.45, 7) is 18.3. The van der Waals surface area contributed by atoms with E-state index in [1.807, 2.05) is 60.6 Å². The van der Waals surface area contributed by atoms with Crippen LogP contribution in [0.15, 0.2) is 36.4 Å². The lowest BCUT2D eigenvalue weighted by Crippen LogP contribution is -2.34. The van der Waals surface area contributed by atoms with Gasteiger partial charge in [-0.25, -0.2) is 9.97 Å². The molecule has 13 nitrogen and oxygen atoms in total. The number of fused-ring (bicyclic) bond motifs is 3. The van der Waals surface area contributed by atoms with Crippen molar-refractivity contribution in [3.05, 3.63) is 81.4 Å². The number of aldehydes is 2. The molecule has 0 spiro atoms. The molecule has 0 saturated heterocycles. The van der Waals surface area contributed by atoms with Crippen LogP contribution in [0.2, 0.25) is 5.02 Å². The molecule has 1 aliphatic heterocycles. The van der Waals surface area contributed by atoms with Crippen molar-refractivity contribution >= 4 is 47.9 Å². The summed E-state index contributed by atoms with van der Waals surface area (Å²) in [5.74, 6) is 1.59. The molecule has 2 saturated carbocycles. The van der Waals surface area contributed by atoms with Crippen LogP contribution in [0.1, 0.15) is 155 Å². The number of nitrogens with two attached hydrogens (primary N) is 1. The summed E-state index contributed by atoms with van der Waals surface area (Å²) in [6, 6.07) is 11.9. The first kappa shape index (κ1) is 55.5. The summed E-state index contributed by atoms with van der Waals surface area (Å²) in [6.07, 6.45) is 17.6. The van der Waals surface area contributed by atoms with Gasteiger partial charge in [0.25, 0.3) is 12.4 Å². The molecule has 3 heterocycles. The second kappa shape index (κ2) is 27.1. The van der Waals surface area contributed by atoms with E-state index in [0.29, 0.717) is 33.2 Å². The average Bonchev–Trinajstić information content (AvgIpc) is 4.03. The zero-order valence-electron chi connectivity index (χ0n) is 41.6. The highest BCUT2D eigenvalue weighted by atomic mass is 35.5. The molecule has 364 valence electrons. The first-order chi connectivity index (χ1) is 31.6. The molecule has 2 aromatic heterocycles. The lowest BCUT2D eigenvalue weighted by Gasteiger charge is -2.32. The summed E-state index contributed by atoms with van der Waals surface area (Å²) >= 11 is 6.86. The van der Waals surface area contributed by atoms with Crippen molar-refractivity contribution in [2.24, 2.45) is 36.6 Å². The van der Waals surface area contributed by atoms with Crippen LogP contribution >= 0.6 is 11.6 Å². The van der Waals surface area contributed by atoms with Crippen molar-refractivity contribution < 1.29 is 24.3 Å². The highest BCUT2D eigenvalue weighted by Crippen LogP contribution is 2.62. The van der Waals surface area contributed by atoms with E-state index in [4.69, 9.17) is 37.0 Å². The molecule has 2 fully saturated rings. The van der Waals surface area contributed by atoms with Gasteiger partial charge in [0.15, 0.2) is 17.9 Å². The SMILES string of the molecule is CC=O.CCCC(C)CCN.CCCc1c(CC)nc(C=O)n1C.CNc1cccc(-c2cccc(NC(=O)c3nc4c(n3C)CCN(CCC35CCC(C)(CC3)C5)C4)c2Cl)c1C.O=CO. The van der Waals surface area contributed by atoms with Crippen molar-refractivity contribution in [3.63, 3.8) is 0 Å². The van der Waals surface area contributed by atoms with E-state index in [9.17, 15) is 9.59 Å². The van der Waals surface area contributed by atoms with Gasteiger partial charge in [0.05, 0.1) is 22.1 Å². The lowest BCUT2D eigenvalue weighted by molar-refractivity contribution is -0.122. The quantitative estimate of drug-likeness (QED) is 0.0839. The van der Waals surface area contributed by atoms with Crippen LogP contribution in [0.5, 0.6) is 0 Å². The Kier molecular flexibility index (Phi) is 22.8. The summed E-state index contributed by atoms with van der Waals surface area (Å²) < 4.78 is 3.87. The zero-order chi connectivity index (χ0) is 49.0. The molecule has 1 unspecified atom stereocenters. The topological polar surface area (TPSA) is 177 Å². The van der Waals surface area contributed by atoms with Gasteiger partial charge >= 0.3 is 0 Å². The number of halogens is 1. The van der Waals surface area contributed by atoms with Crippen molar-refractivity contribution in [1.29, 1.82) is 0 Å². The third-order valence-electron chi connectivity index (χ3n) is 13.7. The Bertz CT molecular complexity index is 2160. The third-order valence-corrected chi connectivity index (χ3v) is 14.1. The molecule has 1 amide bonds. The Morgan fingerprint density at radius 2 is 1.61 bits per heavy atom. The van der Waals surface area contributed by atoms with Crippen molar-refractivity contribution in [3.8, 4) is 11.1 Å². The number of aromatic nitrogens is 4. The molecule has 2 aromatic carbocycles. The number of benzene rings is 2. The fraction of sp³-hybridized carbons (Fsp3) is 0.577. The normalized spacial score (nSPS) is 18.4. The first-order valence-electron chi connectivity index (χ1n) is 23.9. The molecular formula is C52H79ClN8O5. The molecule has 1 atom stereocenters. The van der Waals surface area contributed by atoms with Gasteiger partial charge in [-0.15, -0.1) is 0 Å². The van der Waals surface area contributed by atoms with Gasteiger partial charge < -0.3 is 35.4 Å². The van der Waals surface area contributed by atoms with Gasteiger partial charge in [-0.3, -0.25) is 19.3 Å². The summed E-state index contributed by atoms with van der Waals surface area (Å²) in [5, 5.41) is 13.7. The summed E-state index contributed by atoms with van der Waals surface area (Å²) in [5.41, 5.74) is 15.7. The Balaban J connectivity index is 0.000000350. The van der Waals surface area contributed by atoms with E-state index >= 15 is 0 Å². The number of carbonyl (C=O) groups is 4. The first-order valence-corrected chi connectivity index (χ1v) is 24.3. The predicted molar refractivity (Wildman–Crippen MR) is 270 cm³/mol. The Morgan fingerprint density at radius 1 is 0.970 bits per heavy atom. The number of hydrogen-bond acceptors (Lipinski definition) is 9. The maximum atomic E-state index is 13.4. The van der Waals surface area contributed by atoms with Gasteiger partial charge in [-0.2, -0.15) is 0 Å². The Hall–Kier alpha value is -4.85. The number of nitrogens with zero attached hydrogens (tertiary/aromatic N) is 5. The Labute approximate surface area is 399 Å². The number of hydrogen-bond donors (Lipinski definition) is 4.